The molecular formula is C12H13N5O3S. The van der Waals surface area contributed by atoms with Gasteiger partial charge in [-0.2, -0.15) is 13.4 Å². The minimum Gasteiger partial charge on any atom is -0.370 e. The Labute approximate surface area is 120 Å². The zero-order valence-electron chi connectivity index (χ0n) is 10.8. The zero-order valence-corrected chi connectivity index (χ0v) is 11.6. The summed E-state index contributed by atoms with van der Waals surface area (Å²) in [5.74, 6) is -0.638. The third-order valence-corrected chi connectivity index (χ3v) is 3.54. The van der Waals surface area contributed by atoms with Crippen LogP contribution in [0.4, 0.5) is 5.69 Å². The Bertz CT molecular complexity index is 854. The molecule has 7 N–H and O–H groups in total. The molecule has 0 atom stereocenters. The van der Waals surface area contributed by atoms with Gasteiger partial charge in [0, 0.05) is 5.39 Å². The van der Waals surface area contributed by atoms with E-state index >= 15 is 0 Å². The molecule has 0 aromatic heterocycles. The molecule has 0 saturated heterocycles. The first kappa shape index (κ1) is 14.8. The average molecular weight is 307 g/mol. The van der Waals surface area contributed by atoms with Crippen LogP contribution < -0.4 is 17.2 Å². The molecule has 2 rings (SSSR count). The standard InChI is InChI=1S/C12H13N5O3S/c13-11(14)17-12(15)16-9-6-5-7-3-1-2-4-8(7)10(9)21(18,19)20/h1-6H,(H,18,19,20)(H6,13,14,15,16,17). The van der Waals surface area contributed by atoms with Crippen LogP contribution in [0, 0.1) is 0 Å². The van der Waals surface area contributed by atoms with Crippen molar-refractivity contribution < 1.29 is 13.0 Å². The van der Waals surface area contributed by atoms with Gasteiger partial charge in [-0.15, -0.1) is 0 Å². The summed E-state index contributed by atoms with van der Waals surface area (Å²) in [6, 6.07) is 9.69. The van der Waals surface area contributed by atoms with Crippen molar-refractivity contribution in [3.8, 4) is 0 Å². The first-order valence-corrected chi connectivity index (χ1v) is 7.16. The van der Waals surface area contributed by atoms with Crippen molar-refractivity contribution in [1.29, 1.82) is 0 Å². The summed E-state index contributed by atoms with van der Waals surface area (Å²) in [6.45, 7) is 0. The maximum Gasteiger partial charge on any atom is 0.297 e. The molecule has 21 heavy (non-hydrogen) atoms. The molecule has 0 radical (unpaired) electrons. The molecule has 0 bridgehead atoms. The molecule has 0 saturated carbocycles. The van der Waals surface area contributed by atoms with Crippen molar-refractivity contribution >= 4 is 38.5 Å². The van der Waals surface area contributed by atoms with Gasteiger partial charge < -0.3 is 17.2 Å². The van der Waals surface area contributed by atoms with Crippen LogP contribution >= 0.6 is 0 Å². The average Bonchev–Trinajstić information content (AvgIpc) is 2.35. The summed E-state index contributed by atoms with van der Waals surface area (Å²) in [4.78, 5) is 6.97. The van der Waals surface area contributed by atoms with Crippen LogP contribution in [-0.2, 0) is 10.1 Å². The van der Waals surface area contributed by atoms with E-state index in [-0.39, 0.29) is 22.5 Å². The minimum absolute atomic E-state index is 0.0568. The Hall–Kier alpha value is -2.65. The Morgan fingerprint density at radius 2 is 1.71 bits per heavy atom. The molecule has 0 aliphatic rings. The molecule has 2 aromatic carbocycles. The lowest BCUT2D eigenvalue weighted by atomic mass is 10.1. The van der Waals surface area contributed by atoms with Crippen molar-refractivity contribution in [2.75, 3.05) is 0 Å². The SMILES string of the molecule is NC(N)=NC(N)=Nc1ccc2ccccc2c1S(=O)(=O)O. The van der Waals surface area contributed by atoms with Crippen LogP contribution in [0.15, 0.2) is 51.3 Å². The summed E-state index contributed by atoms with van der Waals surface area (Å²) >= 11 is 0. The van der Waals surface area contributed by atoms with E-state index < -0.39 is 10.1 Å². The molecular weight excluding hydrogens is 294 g/mol. The second kappa shape index (κ2) is 5.38. The fourth-order valence-corrected chi connectivity index (χ4v) is 2.71. The largest absolute Gasteiger partial charge is 0.370 e. The van der Waals surface area contributed by atoms with Crippen molar-refractivity contribution in [3.05, 3.63) is 36.4 Å². The highest BCUT2D eigenvalue weighted by molar-refractivity contribution is 7.86. The predicted molar refractivity (Wildman–Crippen MR) is 80.9 cm³/mol. The molecule has 9 heteroatoms. The van der Waals surface area contributed by atoms with E-state index in [0.717, 1.165) is 0 Å². The summed E-state index contributed by atoms with van der Waals surface area (Å²) in [7, 11) is -4.51. The number of aliphatic imine (C=N–C) groups is 2. The third-order valence-electron chi connectivity index (χ3n) is 2.60. The van der Waals surface area contributed by atoms with E-state index in [1.807, 2.05) is 0 Å². The van der Waals surface area contributed by atoms with Gasteiger partial charge in [0.25, 0.3) is 10.1 Å². The van der Waals surface area contributed by atoms with Gasteiger partial charge in [0.15, 0.2) is 5.96 Å². The fraction of sp³-hybridized carbons (Fsp3) is 0. The molecule has 110 valence electrons. The highest BCUT2D eigenvalue weighted by Crippen LogP contribution is 2.32. The van der Waals surface area contributed by atoms with Crippen molar-refractivity contribution in [3.63, 3.8) is 0 Å². The quantitative estimate of drug-likeness (QED) is 0.355. The van der Waals surface area contributed by atoms with Gasteiger partial charge in [0.1, 0.15) is 4.90 Å². The van der Waals surface area contributed by atoms with Crippen molar-refractivity contribution in [2.45, 2.75) is 4.90 Å². The summed E-state index contributed by atoms with van der Waals surface area (Å²) in [5.41, 5.74) is 15.8. The summed E-state index contributed by atoms with van der Waals surface area (Å²) in [6.07, 6.45) is 0. The van der Waals surface area contributed by atoms with Crippen molar-refractivity contribution in [2.24, 2.45) is 27.2 Å². The number of benzene rings is 2. The second-order valence-electron chi connectivity index (χ2n) is 4.12. The normalized spacial score (nSPS) is 12.3. The molecule has 8 nitrogen and oxygen atoms in total. The van der Waals surface area contributed by atoms with Gasteiger partial charge in [-0.05, 0) is 11.5 Å². The minimum atomic E-state index is -4.51. The first-order valence-electron chi connectivity index (χ1n) is 5.72. The monoisotopic (exact) mass is 307 g/mol. The highest BCUT2D eigenvalue weighted by Gasteiger charge is 2.19. The Morgan fingerprint density at radius 3 is 2.33 bits per heavy atom. The van der Waals surface area contributed by atoms with Gasteiger partial charge in [0.2, 0.25) is 5.96 Å². The molecule has 0 aliphatic heterocycles. The van der Waals surface area contributed by atoms with Gasteiger partial charge >= 0.3 is 0 Å². The van der Waals surface area contributed by atoms with Crippen LogP contribution in [0.5, 0.6) is 0 Å². The summed E-state index contributed by atoms with van der Waals surface area (Å²) < 4.78 is 32.7. The molecule has 2 aromatic rings. The van der Waals surface area contributed by atoms with Crippen LogP contribution in [0.25, 0.3) is 10.8 Å². The lowest BCUT2D eigenvalue weighted by molar-refractivity contribution is 0.484. The number of nitrogens with two attached hydrogens (primary N) is 3. The lowest BCUT2D eigenvalue weighted by Gasteiger charge is -2.07. The van der Waals surface area contributed by atoms with Crippen LogP contribution in [0.3, 0.4) is 0 Å². The molecule has 0 fully saturated rings. The van der Waals surface area contributed by atoms with E-state index in [0.29, 0.717) is 10.8 Å². The van der Waals surface area contributed by atoms with E-state index in [4.69, 9.17) is 17.2 Å². The Kier molecular flexibility index (Phi) is 3.78. The van der Waals surface area contributed by atoms with E-state index in [1.165, 1.54) is 6.07 Å². The van der Waals surface area contributed by atoms with E-state index in [9.17, 15) is 13.0 Å². The van der Waals surface area contributed by atoms with Crippen LogP contribution in [0.1, 0.15) is 0 Å². The number of fused-ring (bicyclic) bond motifs is 1. The highest BCUT2D eigenvalue weighted by atomic mass is 32.2. The van der Waals surface area contributed by atoms with Gasteiger partial charge in [-0.1, -0.05) is 30.3 Å². The number of rotatable bonds is 2. The predicted octanol–water partition coefficient (Wildman–Crippen LogP) is 0.306. The Morgan fingerprint density at radius 1 is 1.05 bits per heavy atom. The molecule has 0 heterocycles. The van der Waals surface area contributed by atoms with Crippen LogP contribution in [0.2, 0.25) is 0 Å². The van der Waals surface area contributed by atoms with E-state index in [2.05, 4.69) is 9.98 Å². The van der Waals surface area contributed by atoms with Gasteiger partial charge in [-0.25, -0.2) is 4.99 Å². The lowest BCUT2D eigenvalue weighted by Crippen LogP contribution is -2.26. The number of guanidine groups is 2. The van der Waals surface area contributed by atoms with Crippen molar-refractivity contribution in [1.82, 2.24) is 0 Å². The summed E-state index contributed by atoms with van der Waals surface area (Å²) in [5, 5.41) is 0.947. The Balaban J connectivity index is 2.79. The van der Waals surface area contributed by atoms with Crippen LogP contribution in [-0.4, -0.2) is 24.9 Å². The number of hydrogen-bond donors (Lipinski definition) is 4. The molecule has 0 aliphatic carbocycles. The molecule has 0 spiro atoms. The van der Waals surface area contributed by atoms with E-state index in [1.54, 1.807) is 30.3 Å². The zero-order chi connectivity index (χ0) is 15.6. The maximum absolute atomic E-state index is 11.6. The number of nitrogens with zero attached hydrogens (tertiary/aromatic N) is 2. The smallest absolute Gasteiger partial charge is 0.297 e. The first-order chi connectivity index (χ1) is 9.79. The second-order valence-corrected chi connectivity index (χ2v) is 5.48. The number of hydrogen-bond acceptors (Lipinski definition) is 3. The van der Waals surface area contributed by atoms with Gasteiger partial charge in [-0.3, -0.25) is 4.55 Å². The molecule has 0 amide bonds. The van der Waals surface area contributed by atoms with Gasteiger partial charge in [0.05, 0.1) is 5.69 Å². The fourth-order valence-electron chi connectivity index (χ4n) is 1.87. The maximum atomic E-state index is 11.6. The topological polar surface area (TPSA) is 157 Å². The molecule has 0 unspecified atom stereocenters. The third kappa shape index (κ3) is 3.27.